The second-order valence-corrected chi connectivity index (χ2v) is 7.45. The van der Waals surface area contributed by atoms with Gasteiger partial charge in [0.05, 0.1) is 13.0 Å². The predicted molar refractivity (Wildman–Crippen MR) is 124 cm³/mol. The molecule has 0 spiro atoms. The first-order valence-corrected chi connectivity index (χ1v) is 10.1. The number of rotatable bonds is 6. The van der Waals surface area contributed by atoms with Crippen LogP contribution in [0.4, 0.5) is 11.5 Å². The number of hydrogen-bond donors (Lipinski definition) is 2. The van der Waals surface area contributed by atoms with Gasteiger partial charge in [0, 0.05) is 25.1 Å². The van der Waals surface area contributed by atoms with E-state index in [2.05, 4.69) is 4.98 Å². The summed E-state index contributed by atoms with van der Waals surface area (Å²) < 4.78 is 3.22. The Hall–Kier alpha value is -4.33. The first kappa shape index (κ1) is 20.9. The van der Waals surface area contributed by atoms with E-state index >= 15 is 0 Å². The van der Waals surface area contributed by atoms with Crippen molar-refractivity contribution >= 4 is 17.4 Å². The molecule has 0 fully saturated rings. The predicted octanol–water partition coefficient (Wildman–Crippen LogP) is 2.16. The Kier molecular flexibility index (Phi) is 5.76. The van der Waals surface area contributed by atoms with Gasteiger partial charge in [-0.15, -0.1) is 0 Å². The summed E-state index contributed by atoms with van der Waals surface area (Å²) in [7, 11) is 1.48. The molecule has 0 radical (unpaired) electrons. The Morgan fingerprint density at radius 3 is 2.25 bits per heavy atom. The van der Waals surface area contributed by atoms with Crippen LogP contribution in [0.1, 0.15) is 11.1 Å². The molecule has 4 aromatic rings. The molecule has 2 aromatic heterocycles. The number of likely N-dealkylation sites (N-methyl/N-ethyl adjacent to an activating group) is 1. The summed E-state index contributed by atoms with van der Waals surface area (Å²) in [5, 5.41) is 0. The number of nitrogen functional groups attached to an aromatic ring is 1. The summed E-state index contributed by atoms with van der Waals surface area (Å²) in [6.07, 6.45) is 3.96. The fraction of sp³-hybridized carbons (Fsp3) is 0.125. The van der Waals surface area contributed by atoms with Crippen molar-refractivity contribution in [1.82, 2.24) is 14.1 Å². The Balaban J connectivity index is 1.57. The molecule has 8 nitrogen and oxygen atoms in total. The Bertz CT molecular complexity index is 1340. The molecule has 2 aromatic carbocycles. The van der Waals surface area contributed by atoms with E-state index in [1.807, 2.05) is 83.7 Å². The van der Waals surface area contributed by atoms with Gasteiger partial charge in [0.1, 0.15) is 5.82 Å². The maximum atomic E-state index is 12.9. The third kappa shape index (κ3) is 4.24. The number of nitrogens with two attached hydrogens (primary N) is 1. The molecule has 0 aliphatic carbocycles. The fourth-order valence-corrected chi connectivity index (χ4v) is 3.53. The van der Waals surface area contributed by atoms with Gasteiger partial charge in [0.15, 0.2) is 5.69 Å². The van der Waals surface area contributed by atoms with Crippen molar-refractivity contribution in [2.24, 2.45) is 0 Å². The number of carbonyl (C=O) groups excluding carboxylic acids is 1. The molecule has 0 unspecified atom stereocenters. The van der Waals surface area contributed by atoms with Crippen molar-refractivity contribution in [1.29, 1.82) is 0 Å². The zero-order valence-corrected chi connectivity index (χ0v) is 17.6. The van der Waals surface area contributed by atoms with Crippen LogP contribution in [0.25, 0.3) is 5.69 Å². The summed E-state index contributed by atoms with van der Waals surface area (Å²) in [4.78, 5) is 41.2. The topological polar surface area (TPSA) is 106 Å². The molecule has 0 aliphatic heterocycles. The SMILES string of the molecule is CN(C(=O)Cc1ccc(-n2cccc2)cc1)c1c(N)n(Cc2ccccc2)c(=O)[nH]c1=O. The molecule has 8 heteroatoms. The van der Waals surface area contributed by atoms with Crippen molar-refractivity contribution in [3.8, 4) is 5.69 Å². The number of carbonyl (C=O) groups is 1. The molecule has 0 bridgehead atoms. The third-order valence-electron chi connectivity index (χ3n) is 5.30. The van der Waals surface area contributed by atoms with Gasteiger partial charge in [-0.2, -0.15) is 0 Å². The monoisotopic (exact) mass is 429 g/mol. The van der Waals surface area contributed by atoms with Crippen LogP contribution in [0.3, 0.4) is 0 Å². The minimum atomic E-state index is -0.699. The van der Waals surface area contributed by atoms with Crippen LogP contribution in [0.15, 0.2) is 88.7 Å². The lowest BCUT2D eigenvalue weighted by molar-refractivity contribution is -0.117. The molecule has 4 rings (SSSR count). The standard InChI is InChI=1S/C24H23N5O3/c1-27(20(30)15-17-9-11-19(12-10-17)28-13-5-6-14-28)21-22(25)29(24(32)26-23(21)31)16-18-7-3-2-4-8-18/h2-14H,15-16,25H2,1H3,(H,26,31,32). The van der Waals surface area contributed by atoms with E-state index in [1.54, 1.807) is 0 Å². The Morgan fingerprint density at radius 1 is 0.938 bits per heavy atom. The van der Waals surface area contributed by atoms with Gasteiger partial charge in [-0.05, 0) is 35.4 Å². The number of aromatic amines is 1. The van der Waals surface area contributed by atoms with Crippen LogP contribution < -0.4 is 21.9 Å². The van der Waals surface area contributed by atoms with Gasteiger partial charge in [0.2, 0.25) is 5.91 Å². The van der Waals surface area contributed by atoms with Crippen LogP contribution >= 0.6 is 0 Å². The minimum Gasteiger partial charge on any atom is -0.383 e. The highest BCUT2D eigenvalue weighted by Gasteiger charge is 2.21. The van der Waals surface area contributed by atoms with E-state index < -0.39 is 11.2 Å². The van der Waals surface area contributed by atoms with Gasteiger partial charge >= 0.3 is 5.69 Å². The molecule has 1 amide bonds. The maximum absolute atomic E-state index is 12.9. The summed E-state index contributed by atoms with van der Waals surface area (Å²) in [5.41, 5.74) is 7.44. The molecule has 0 atom stereocenters. The zero-order chi connectivity index (χ0) is 22.7. The van der Waals surface area contributed by atoms with Crippen LogP contribution in [-0.4, -0.2) is 27.1 Å². The maximum Gasteiger partial charge on any atom is 0.330 e. The number of nitrogens with zero attached hydrogens (tertiary/aromatic N) is 3. The number of aromatic nitrogens is 3. The normalized spacial score (nSPS) is 10.8. The molecule has 0 saturated carbocycles. The van der Waals surface area contributed by atoms with E-state index in [9.17, 15) is 14.4 Å². The van der Waals surface area contributed by atoms with Crippen LogP contribution in [0.5, 0.6) is 0 Å². The fourth-order valence-electron chi connectivity index (χ4n) is 3.53. The van der Waals surface area contributed by atoms with E-state index in [0.717, 1.165) is 16.8 Å². The second kappa shape index (κ2) is 8.81. The van der Waals surface area contributed by atoms with Crippen LogP contribution in [0.2, 0.25) is 0 Å². The average molecular weight is 429 g/mol. The highest BCUT2D eigenvalue weighted by molar-refractivity contribution is 5.96. The van der Waals surface area contributed by atoms with Crippen molar-refractivity contribution in [3.05, 3.63) is 111 Å². The van der Waals surface area contributed by atoms with Crippen molar-refractivity contribution in [2.75, 3.05) is 17.7 Å². The number of hydrogen-bond acceptors (Lipinski definition) is 4. The quantitative estimate of drug-likeness (QED) is 0.490. The minimum absolute atomic E-state index is 0.0468. The van der Waals surface area contributed by atoms with Crippen molar-refractivity contribution in [3.63, 3.8) is 0 Å². The van der Waals surface area contributed by atoms with Crippen LogP contribution in [-0.2, 0) is 17.8 Å². The molecule has 0 aliphatic rings. The second-order valence-electron chi connectivity index (χ2n) is 7.45. The summed E-state index contributed by atoms with van der Waals surface area (Å²) in [6.45, 7) is 0.179. The first-order valence-electron chi connectivity index (χ1n) is 10.1. The third-order valence-corrected chi connectivity index (χ3v) is 5.30. The van der Waals surface area contributed by atoms with E-state index in [4.69, 9.17) is 5.73 Å². The number of benzene rings is 2. The van der Waals surface area contributed by atoms with E-state index in [-0.39, 0.29) is 30.4 Å². The molecule has 3 N–H and O–H groups in total. The molecule has 0 saturated heterocycles. The average Bonchev–Trinajstić information content (AvgIpc) is 3.32. The number of amides is 1. The summed E-state index contributed by atoms with van der Waals surface area (Å²) in [6, 6.07) is 20.7. The smallest absolute Gasteiger partial charge is 0.330 e. The molecular weight excluding hydrogens is 406 g/mol. The van der Waals surface area contributed by atoms with Gasteiger partial charge < -0.3 is 15.2 Å². The van der Waals surface area contributed by atoms with Crippen molar-refractivity contribution in [2.45, 2.75) is 13.0 Å². The largest absolute Gasteiger partial charge is 0.383 e. The lowest BCUT2D eigenvalue weighted by atomic mass is 10.1. The number of nitrogens with one attached hydrogen (secondary N) is 1. The van der Waals surface area contributed by atoms with Gasteiger partial charge in [-0.1, -0.05) is 42.5 Å². The highest BCUT2D eigenvalue weighted by atomic mass is 16.2. The Labute approximate surface area is 184 Å². The van der Waals surface area contributed by atoms with Gasteiger partial charge in [-0.3, -0.25) is 19.1 Å². The van der Waals surface area contributed by atoms with Gasteiger partial charge in [-0.25, -0.2) is 4.79 Å². The van der Waals surface area contributed by atoms with Gasteiger partial charge in [0.25, 0.3) is 5.56 Å². The highest BCUT2D eigenvalue weighted by Crippen LogP contribution is 2.18. The first-order chi connectivity index (χ1) is 15.4. The number of anilines is 2. The zero-order valence-electron chi connectivity index (χ0n) is 17.6. The molecular formula is C24H23N5O3. The molecule has 162 valence electrons. The lowest BCUT2D eigenvalue weighted by Gasteiger charge is -2.20. The van der Waals surface area contributed by atoms with E-state index in [0.29, 0.717) is 0 Å². The van der Waals surface area contributed by atoms with E-state index in [1.165, 1.54) is 16.5 Å². The Morgan fingerprint density at radius 2 is 1.59 bits per heavy atom. The van der Waals surface area contributed by atoms with Crippen molar-refractivity contribution < 1.29 is 4.79 Å². The summed E-state index contributed by atoms with van der Waals surface area (Å²) >= 11 is 0. The molecule has 2 heterocycles. The van der Waals surface area contributed by atoms with Crippen LogP contribution in [0, 0.1) is 0 Å². The lowest BCUT2D eigenvalue weighted by Crippen LogP contribution is -2.40. The molecule has 32 heavy (non-hydrogen) atoms. The number of H-pyrrole nitrogens is 1. The summed E-state index contributed by atoms with van der Waals surface area (Å²) in [5.74, 6) is -0.373.